The summed E-state index contributed by atoms with van der Waals surface area (Å²) in [6.07, 6.45) is 5.24. The summed E-state index contributed by atoms with van der Waals surface area (Å²) in [6.45, 7) is 9.13. The molecule has 2 N–H and O–H groups in total. The topological polar surface area (TPSA) is 56.7 Å². The third kappa shape index (κ3) is 7.21. The smallest absolute Gasteiger partial charge is 0.253 e. The van der Waals surface area contributed by atoms with E-state index in [4.69, 9.17) is 6.42 Å². The van der Waals surface area contributed by atoms with Crippen molar-refractivity contribution >= 4 is 35.8 Å². The highest BCUT2D eigenvalue weighted by atomic mass is 127. The minimum atomic E-state index is 0. The monoisotopic (exact) mass is 442 g/mol. The average Bonchev–Trinajstić information content (AvgIpc) is 2.58. The first-order chi connectivity index (χ1) is 11.2. The van der Waals surface area contributed by atoms with Gasteiger partial charge in [-0.25, -0.2) is 4.99 Å². The first-order valence-electron chi connectivity index (χ1n) is 8.00. The lowest BCUT2D eigenvalue weighted by Crippen LogP contribution is -2.37. The summed E-state index contributed by atoms with van der Waals surface area (Å²) >= 11 is 0. The zero-order valence-corrected chi connectivity index (χ0v) is 17.0. The van der Waals surface area contributed by atoms with Gasteiger partial charge in [0.05, 0.1) is 13.1 Å². The molecule has 0 heterocycles. The van der Waals surface area contributed by atoms with E-state index in [1.54, 1.807) is 4.90 Å². The summed E-state index contributed by atoms with van der Waals surface area (Å²) < 4.78 is 0. The molecular weight excluding hydrogens is 415 g/mol. The maximum absolute atomic E-state index is 12.2. The molecule has 1 amide bonds. The van der Waals surface area contributed by atoms with Crippen LogP contribution in [0.1, 0.15) is 36.7 Å². The fourth-order valence-electron chi connectivity index (χ4n) is 2.09. The van der Waals surface area contributed by atoms with E-state index in [1.807, 2.05) is 45.0 Å². The molecule has 0 spiro atoms. The largest absolute Gasteiger partial charge is 0.357 e. The summed E-state index contributed by atoms with van der Waals surface area (Å²) in [5.74, 6) is 3.27. The SMILES string of the molecule is C#CCNC(=NCc1ccc(C(=O)N(CC)CC)cc1)NCC.I. The fourth-order valence-corrected chi connectivity index (χ4v) is 2.09. The quantitative estimate of drug-likeness (QED) is 0.295. The van der Waals surface area contributed by atoms with Gasteiger partial charge in [-0.1, -0.05) is 18.1 Å². The zero-order valence-electron chi connectivity index (χ0n) is 14.6. The molecule has 0 saturated carbocycles. The second kappa shape index (κ2) is 12.6. The van der Waals surface area contributed by atoms with Gasteiger partial charge in [-0.15, -0.1) is 30.4 Å². The summed E-state index contributed by atoms with van der Waals surface area (Å²) in [7, 11) is 0. The van der Waals surface area contributed by atoms with Gasteiger partial charge in [0.2, 0.25) is 0 Å². The van der Waals surface area contributed by atoms with Gasteiger partial charge in [0.15, 0.2) is 5.96 Å². The van der Waals surface area contributed by atoms with E-state index in [9.17, 15) is 4.79 Å². The standard InChI is InChI=1S/C18H26N4O.HI/c1-5-13-20-18(19-6-2)21-14-15-9-11-16(12-10-15)17(23)22(7-3)8-4;/h1,9-12H,6-8,13-14H2,2-4H3,(H2,19,20,21);1H. The molecule has 0 unspecified atom stereocenters. The third-order valence-corrected chi connectivity index (χ3v) is 3.37. The van der Waals surface area contributed by atoms with Gasteiger partial charge < -0.3 is 15.5 Å². The number of terminal acetylenes is 1. The van der Waals surface area contributed by atoms with Crippen LogP contribution in [0, 0.1) is 12.3 Å². The van der Waals surface area contributed by atoms with Crippen molar-refractivity contribution < 1.29 is 4.79 Å². The minimum Gasteiger partial charge on any atom is -0.357 e. The molecule has 1 rings (SSSR count). The fraction of sp³-hybridized carbons (Fsp3) is 0.444. The van der Waals surface area contributed by atoms with Crippen LogP contribution in [-0.4, -0.2) is 42.9 Å². The highest BCUT2D eigenvalue weighted by Crippen LogP contribution is 2.08. The van der Waals surface area contributed by atoms with E-state index in [0.717, 1.165) is 12.1 Å². The molecule has 0 atom stereocenters. The molecule has 132 valence electrons. The van der Waals surface area contributed by atoms with Crippen LogP contribution in [-0.2, 0) is 6.54 Å². The summed E-state index contributed by atoms with van der Waals surface area (Å²) in [5.41, 5.74) is 1.75. The third-order valence-electron chi connectivity index (χ3n) is 3.37. The van der Waals surface area contributed by atoms with Crippen LogP contribution >= 0.6 is 24.0 Å². The molecular formula is C18H27IN4O. The van der Waals surface area contributed by atoms with Gasteiger partial charge in [0.25, 0.3) is 5.91 Å². The van der Waals surface area contributed by atoms with E-state index in [1.165, 1.54) is 0 Å². The van der Waals surface area contributed by atoms with Crippen LogP contribution in [0.4, 0.5) is 0 Å². The van der Waals surface area contributed by atoms with E-state index >= 15 is 0 Å². The summed E-state index contributed by atoms with van der Waals surface area (Å²) in [6, 6.07) is 7.58. The molecule has 5 nitrogen and oxygen atoms in total. The Balaban J connectivity index is 0.00000529. The molecule has 24 heavy (non-hydrogen) atoms. The van der Waals surface area contributed by atoms with Crippen LogP contribution in [0.25, 0.3) is 0 Å². The van der Waals surface area contributed by atoms with Crippen molar-refractivity contribution in [1.82, 2.24) is 15.5 Å². The molecule has 1 aromatic carbocycles. The molecule has 0 aliphatic carbocycles. The van der Waals surface area contributed by atoms with Gasteiger partial charge in [0, 0.05) is 25.2 Å². The van der Waals surface area contributed by atoms with Gasteiger partial charge in [0.1, 0.15) is 0 Å². The lowest BCUT2D eigenvalue weighted by atomic mass is 10.1. The second-order valence-corrected chi connectivity index (χ2v) is 4.93. The van der Waals surface area contributed by atoms with E-state index < -0.39 is 0 Å². The van der Waals surface area contributed by atoms with Crippen molar-refractivity contribution in [3.05, 3.63) is 35.4 Å². The molecule has 0 radical (unpaired) electrons. The maximum atomic E-state index is 12.2. The first kappa shape index (κ1) is 22.2. The summed E-state index contributed by atoms with van der Waals surface area (Å²) in [5, 5.41) is 6.17. The van der Waals surface area contributed by atoms with Gasteiger partial charge >= 0.3 is 0 Å². The Kier molecular flexibility index (Phi) is 11.7. The van der Waals surface area contributed by atoms with Crippen LogP contribution in [0.5, 0.6) is 0 Å². The normalized spacial score (nSPS) is 10.3. The number of nitrogens with one attached hydrogen (secondary N) is 2. The molecule has 0 fully saturated rings. The van der Waals surface area contributed by atoms with Gasteiger partial charge in [-0.05, 0) is 38.5 Å². The number of carbonyl (C=O) groups is 1. The Morgan fingerprint density at radius 1 is 1.17 bits per heavy atom. The minimum absolute atomic E-state index is 0. The molecule has 1 aromatic rings. The number of halogens is 1. The van der Waals surface area contributed by atoms with E-state index in [-0.39, 0.29) is 29.9 Å². The molecule has 0 bridgehead atoms. The molecule has 0 aromatic heterocycles. The van der Waals surface area contributed by atoms with Crippen molar-refractivity contribution in [2.24, 2.45) is 4.99 Å². The zero-order chi connectivity index (χ0) is 17.1. The van der Waals surface area contributed by atoms with E-state index in [0.29, 0.717) is 37.7 Å². The average molecular weight is 442 g/mol. The van der Waals surface area contributed by atoms with Gasteiger partial charge in [-0.2, -0.15) is 0 Å². The summed E-state index contributed by atoms with van der Waals surface area (Å²) in [4.78, 5) is 18.5. The number of hydrogen-bond acceptors (Lipinski definition) is 2. The predicted octanol–water partition coefficient (Wildman–Crippen LogP) is 2.47. The highest BCUT2D eigenvalue weighted by Gasteiger charge is 2.11. The maximum Gasteiger partial charge on any atom is 0.253 e. The lowest BCUT2D eigenvalue weighted by Gasteiger charge is -2.18. The van der Waals surface area contributed by atoms with Crippen LogP contribution in [0.3, 0.4) is 0 Å². The second-order valence-electron chi connectivity index (χ2n) is 4.93. The number of guanidine groups is 1. The Morgan fingerprint density at radius 2 is 1.79 bits per heavy atom. The molecule has 0 aliphatic heterocycles. The van der Waals surface area contributed by atoms with Crippen LogP contribution in [0.15, 0.2) is 29.3 Å². The van der Waals surface area contributed by atoms with Crippen molar-refractivity contribution in [1.29, 1.82) is 0 Å². The molecule has 0 saturated heterocycles. The first-order valence-corrected chi connectivity index (χ1v) is 8.00. The number of nitrogens with zero attached hydrogens (tertiary/aromatic N) is 2. The predicted molar refractivity (Wildman–Crippen MR) is 111 cm³/mol. The molecule has 0 aliphatic rings. The molecule has 6 heteroatoms. The van der Waals surface area contributed by atoms with Crippen molar-refractivity contribution in [2.45, 2.75) is 27.3 Å². The van der Waals surface area contributed by atoms with Crippen molar-refractivity contribution in [2.75, 3.05) is 26.2 Å². The Labute approximate surface area is 162 Å². The number of hydrogen-bond donors (Lipinski definition) is 2. The number of rotatable bonds is 7. The number of carbonyl (C=O) groups excluding carboxylic acids is 1. The van der Waals surface area contributed by atoms with E-state index in [2.05, 4.69) is 21.5 Å². The van der Waals surface area contributed by atoms with Crippen molar-refractivity contribution in [3.63, 3.8) is 0 Å². The van der Waals surface area contributed by atoms with Crippen LogP contribution in [0.2, 0.25) is 0 Å². The Hall–Kier alpha value is -1.75. The lowest BCUT2D eigenvalue weighted by molar-refractivity contribution is 0.0773. The van der Waals surface area contributed by atoms with Crippen LogP contribution < -0.4 is 10.6 Å². The van der Waals surface area contributed by atoms with Gasteiger partial charge in [-0.3, -0.25) is 4.79 Å². The number of aliphatic imine (C=N–C) groups is 1. The Bertz CT molecular complexity index is 559. The number of benzene rings is 1. The highest BCUT2D eigenvalue weighted by molar-refractivity contribution is 14.0. The Morgan fingerprint density at radius 3 is 2.29 bits per heavy atom. The van der Waals surface area contributed by atoms with Crippen molar-refractivity contribution in [3.8, 4) is 12.3 Å². The number of amides is 1.